The summed E-state index contributed by atoms with van der Waals surface area (Å²) in [6.45, 7) is 9.35. The van der Waals surface area contributed by atoms with Crippen LogP contribution in [0.15, 0.2) is 24.3 Å². The predicted octanol–water partition coefficient (Wildman–Crippen LogP) is 4.10. The Hall–Kier alpha value is -1.84. The summed E-state index contributed by atoms with van der Waals surface area (Å²) >= 11 is 0. The molecule has 0 aliphatic rings. The van der Waals surface area contributed by atoms with E-state index in [0.717, 1.165) is 24.0 Å². The minimum absolute atomic E-state index is 0.484. The Morgan fingerprint density at radius 2 is 1.95 bits per heavy atom. The molecule has 0 bridgehead atoms. The van der Waals surface area contributed by atoms with Crippen LogP contribution in [0.2, 0.25) is 0 Å². The van der Waals surface area contributed by atoms with Gasteiger partial charge in [-0.15, -0.1) is 0 Å². The first-order valence-electron chi connectivity index (χ1n) is 7.33. The van der Waals surface area contributed by atoms with Crippen LogP contribution in [0.5, 0.6) is 0 Å². The molecule has 1 atom stereocenters. The zero-order chi connectivity index (χ0) is 16.0. The first-order valence-corrected chi connectivity index (χ1v) is 7.33. The van der Waals surface area contributed by atoms with Gasteiger partial charge in [0.05, 0.1) is 11.7 Å². The summed E-state index contributed by atoms with van der Waals surface area (Å²) in [5, 5.41) is 0. The molecule has 1 aromatic carbocycles. The molecule has 4 heteroatoms. The SMILES string of the molecule is CCCC(C=O)N(C(=O)OC(C)(C)C)c1ccccc1C. The van der Waals surface area contributed by atoms with Gasteiger partial charge in [-0.05, 0) is 45.7 Å². The molecule has 0 spiro atoms. The topological polar surface area (TPSA) is 46.6 Å². The van der Waals surface area contributed by atoms with Crippen LogP contribution in [0.4, 0.5) is 10.5 Å². The molecule has 0 aromatic heterocycles. The van der Waals surface area contributed by atoms with E-state index in [4.69, 9.17) is 4.74 Å². The number of hydrogen-bond donors (Lipinski definition) is 0. The maximum Gasteiger partial charge on any atom is 0.415 e. The highest BCUT2D eigenvalue weighted by Gasteiger charge is 2.29. The first-order chi connectivity index (χ1) is 9.80. The number of nitrogens with zero attached hydrogens (tertiary/aromatic N) is 1. The summed E-state index contributed by atoms with van der Waals surface area (Å²) in [6.07, 6.45) is 1.76. The summed E-state index contributed by atoms with van der Waals surface area (Å²) < 4.78 is 5.47. The number of para-hydroxylation sites is 1. The lowest BCUT2D eigenvalue weighted by molar-refractivity contribution is -0.109. The lowest BCUT2D eigenvalue weighted by Gasteiger charge is -2.31. The molecule has 116 valence electrons. The minimum atomic E-state index is -0.600. The van der Waals surface area contributed by atoms with Crippen LogP contribution in [0.25, 0.3) is 0 Å². The summed E-state index contributed by atoms with van der Waals surface area (Å²) in [5.41, 5.74) is 1.06. The zero-order valence-corrected chi connectivity index (χ0v) is 13.6. The van der Waals surface area contributed by atoms with Crippen molar-refractivity contribution in [2.45, 2.75) is 59.1 Å². The summed E-state index contributed by atoms with van der Waals surface area (Å²) in [4.78, 5) is 25.4. The fraction of sp³-hybridized carbons (Fsp3) is 0.529. The molecule has 0 saturated carbocycles. The largest absolute Gasteiger partial charge is 0.443 e. The van der Waals surface area contributed by atoms with E-state index in [1.807, 2.05) is 58.9 Å². The number of hydrogen-bond acceptors (Lipinski definition) is 3. The van der Waals surface area contributed by atoms with E-state index in [9.17, 15) is 9.59 Å². The maximum absolute atomic E-state index is 12.5. The van der Waals surface area contributed by atoms with Crippen LogP contribution >= 0.6 is 0 Å². The minimum Gasteiger partial charge on any atom is -0.443 e. The van der Waals surface area contributed by atoms with Crippen LogP contribution in [-0.4, -0.2) is 24.0 Å². The smallest absolute Gasteiger partial charge is 0.415 e. The maximum atomic E-state index is 12.5. The lowest BCUT2D eigenvalue weighted by atomic mass is 10.1. The Balaban J connectivity index is 3.20. The Labute approximate surface area is 127 Å². The van der Waals surface area contributed by atoms with Gasteiger partial charge in [0.25, 0.3) is 0 Å². The van der Waals surface area contributed by atoms with Crippen molar-refractivity contribution in [1.29, 1.82) is 0 Å². The zero-order valence-electron chi connectivity index (χ0n) is 13.6. The molecule has 0 N–H and O–H groups in total. The van der Waals surface area contributed by atoms with Crippen LogP contribution in [-0.2, 0) is 9.53 Å². The monoisotopic (exact) mass is 291 g/mol. The Morgan fingerprint density at radius 1 is 1.33 bits per heavy atom. The van der Waals surface area contributed by atoms with Gasteiger partial charge >= 0.3 is 6.09 Å². The fourth-order valence-corrected chi connectivity index (χ4v) is 2.11. The molecule has 0 fully saturated rings. The number of carbonyl (C=O) groups is 2. The number of aryl methyl sites for hydroxylation is 1. The molecule has 1 aromatic rings. The van der Waals surface area contributed by atoms with Gasteiger partial charge in [-0.3, -0.25) is 4.90 Å². The highest BCUT2D eigenvalue weighted by Crippen LogP contribution is 2.25. The van der Waals surface area contributed by atoms with E-state index >= 15 is 0 Å². The van der Waals surface area contributed by atoms with Gasteiger partial charge in [0.1, 0.15) is 11.9 Å². The van der Waals surface area contributed by atoms with E-state index in [2.05, 4.69) is 0 Å². The van der Waals surface area contributed by atoms with E-state index in [1.165, 1.54) is 4.90 Å². The van der Waals surface area contributed by atoms with Gasteiger partial charge in [0.15, 0.2) is 0 Å². The van der Waals surface area contributed by atoms with Gasteiger partial charge in [-0.25, -0.2) is 4.79 Å². The van der Waals surface area contributed by atoms with Crippen molar-refractivity contribution in [3.05, 3.63) is 29.8 Å². The van der Waals surface area contributed by atoms with Crippen molar-refractivity contribution in [1.82, 2.24) is 0 Å². The lowest BCUT2D eigenvalue weighted by Crippen LogP contribution is -2.44. The molecule has 1 amide bonds. The van der Waals surface area contributed by atoms with E-state index in [0.29, 0.717) is 6.42 Å². The molecule has 0 radical (unpaired) electrons. The van der Waals surface area contributed by atoms with Gasteiger partial charge in [0, 0.05) is 0 Å². The van der Waals surface area contributed by atoms with Gasteiger partial charge in [-0.1, -0.05) is 31.5 Å². The normalized spacial score (nSPS) is 12.6. The van der Waals surface area contributed by atoms with Crippen LogP contribution in [0.1, 0.15) is 46.1 Å². The molecule has 0 aliphatic carbocycles. The number of aldehydes is 1. The molecule has 1 rings (SSSR count). The summed E-state index contributed by atoms with van der Waals surface area (Å²) in [5.74, 6) is 0. The van der Waals surface area contributed by atoms with Crippen molar-refractivity contribution in [2.24, 2.45) is 0 Å². The average Bonchev–Trinajstić information content (AvgIpc) is 2.38. The first kappa shape index (κ1) is 17.2. The Morgan fingerprint density at radius 3 is 2.43 bits per heavy atom. The summed E-state index contributed by atoms with van der Waals surface area (Å²) in [7, 11) is 0. The number of carbonyl (C=O) groups excluding carboxylic acids is 2. The Bertz CT molecular complexity index is 491. The third kappa shape index (κ3) is 4.88. The van der Waals surface area contributed by atoms with E-state index in [1.54, 1.807) is 0 Å². The van der Waals surface area contributed by atoms with Crippen molar-refractivity contribution in [3.63, 3.8) is 0 Å². The molecule has 0 aliphatic heterocycles. The van der Waals surface area contributed by atoms with Gasteiger partial charge < -0.3 is 9.53 Å². The third-order valence-corrected chi connectivity index (χ3v) is 3.04. The molecule has 1 unspecified atom stereocenters. The van der Waals surface area contributed by atoms with Crippen LogP contribution < -0.4 is 4.90 Å². The quantitative estimate of drug-likeness (QED) is 0.767. The average molecular weight is 291 g/mol. The highest BCUT2D eigenvalue weighted by atomic mass is 16.6. The second-order valence-corrected chi connectivity index (χ2v) is 6.13. The molecule has 0 heterocycles. The van der Waals surface area contributed by atoms with Crippen molar-refractivity contribution >= 4 is 18.1 Å². The van der Waals surface area contributed by atoms with E-state index < -0.39 is 17.7 Å². The molecular weight excluding hydrogens is 266 g/mol. The van der Waals surface area contributed by atoms with Crippen LogP contribution in [0.3, 0.4) is 0 Å². The molecular formula is C17H25NO3. The van der Waals surface area contributed by atoms with Crippen LogP contribution in [0, 0.1) is 6.92 Å². The second kappa shape index (κ2) is 7.25. The number of rotatable bonds is 5. The molecule has 4 nitrogen and oxygen atoms in total. The Kier molecular flexibility index (Phi) is 5.94. The van der Waals surface area contributed by atoms with Crippen molar-refractivity contribution < 1.29 is 14.3 Å². The van der Waals surface area contributed by atoms with Crippen molar-refractivity contribution in [2.75, 3.05) is 4.90 Å². The standard InChI is InChI=1S/C17H25NO3/c1-6-9-14(12-19)18(16(20)21-17(3,4)5)15-11-8-7-10-13(15)2/h7-8,10-12,14H,6,9H2,1-5H3. The van der Waals surface area contributed by atoms with Gasteiger partial charge in [-0.2, -0.15) is 0 Å². The van der Waals surface area contributed by atoms with Crippen molar-refractivity contribution in [3.8, 4) is 0 Å². The highest BCUT2D eigenvalue weighted by molar-refractivity contribution is 5.93. The number of anilines is 1. The van der Waals surface area contributed by atoms with Gasteiger partial charge in [0.2, 0.25) is 0 Å². The molecule has 21 heavy (non-hydrogen) atoms. The van der Waals surface area contributed by atoms with E-state index in [-0.39, 0.29) is 0 Å². The number of benzene rings is 1. The molecule has 0 saturated heterocycles. The fourth-order valence-electron chi connectivity index (χ4n) is 2.11. The summed E-state index contributed by atoms with van der Waals surface area (Å²) in [6, 6.07) is 7.01. The predicted molar refractivity (Wildman–Crippen MR) is 84.7 cm³/mol. The number of amides is 1. The third-order valence-electron chi connectivity index (χ3n) is 3.04. The number of ether oxygens (including phenoxy) is 1. The second-order valence-electron chi connectivity index (χ2n) is 6.13.